The number of thiazole rings is 1. The summed E-state index contributed by atoms with van der Waals surface area (Å²) in [5, 5.41) is 9.77. The van der Waals surface area contributed by atoms with E-state index in [2.05, 4.69) is 16.0 Å². The van der Waals surface area contributed by atoms with Crippen molar-refractivity contribution in [2.24, 2.45) is 17.8 Å². The molecule has 3 atom stereocenters. The van der Waals surface area contributed by atoms with Gasteiger partial charge in [0.05, 0.1) is 17.9 Å². The Morgan fingerprint density at radius 2 is 2.03 bits per heavy atom. The number of fused-ring (bicyclic) bond motifs is 2. The first kappa shape index (κ1) is 21.8. The van der Waals surface area contributed by atoms with Crippen LogP contribution in [-0.2, 0) is 10.0 Å². The van der Waals surface area contributed by atoms with Crippen molar-refractivity contribution in [3.8, 4) is 6.07 Å². The maximum atomic E-state index is 12.4. The summed E-state index contributed by atoms with van der Waals surface area (Å²) in [4.78, 5) is 19.6. The molecule has 4 rings (SSSR count). The molecule has 0 spiro atoms. The number of nitrogens with one attached hydrogen (secondary N) is 1. The lowest BCUT2D eigenvalue weighted by molar-refractivity contribution is 0.0977. The van der Waals surface area contributed by atoms with Crippen LogP contribution in [0, 0.1) is 36.0 Å². The van der Waals surface area contributed by atoms with Crippen LogP contribution in [-0.4, -0.2) is 32.1 Å². The van der Waals surface area contributed by atoms with Gasteiger partial charge in [0.15, 0.2) is 5.13 Å². The summed E-state index contributed by atoms with van der Waals surface area (Å²) in [5.41, 5.74) is 1.62. The average Bonchev–Trinajstić information content (AvgIpc) is 3.43. The number of benzene rings is 1. The number of sulfonamides is 1. The zero-order chi connectivity index (χ0) is 22.2. The van der Waals surface area contributed by atoms with Crippen molar-refractivity contribution in [2.75, 3.05) is 17.7 Å². The molecule has 9 heteroatoms. The second kappa shape index (κ2) is 8.60. The van der Waals surface area contributed by atoms with Crippen molar-refractivity contribution < 1.29 is 13.2 Å². The molecule has 2 saturated carbocycles. The molecule has 0 aliphatic heterocycles. The molecule has 1 aromatic carbocycles. The summed E-state index contributed by atoms with van der Waals surface area (Å²) < 4.78 is 24.9. The fourth-order valence-corrected chi connectivity index (χ4v) is 6.39. The van der Waals surface area contributed by atoms with Crippen LogP contribution in [0.5, 0.6) is 0 Å². The number of hydrogen-bond donors (Lipinski definition) is 1. The second-order valence-electron chi connectivity index (χ2n) is 8.64. The summed E-state index contributed by atoms with van der Waals surface area (Å²) in [7, 11) is -3.66. The van der Waals surface area contributed by atoms with E-state index < -0.39 is 15.9 Å². The van der Waals surface area contributed by atoms with Crippen molar-refractivity contribution >= 4 is 38.1 Å². The maximum Gasteiger partial charge on any atom is 0.284 e. The molecule has 2 bridgehead atoms. The third kappa shape index (κ3) is 4.91. The van der Waals surface area contributed by atoms with E-state index in [1.807, 2.05) is 16.9 Å². The molecular weight excluding hydrogens is 432 g/mol. The number of anilines is 2. The van der Waals surface area contributed by atoms with Gasteiger partial charge in [-0.1, -0.05) is 6.42 Å². The Labute approximate surface area is 187 Å². The minimum absolute atomic E-state index is 0.129. The predicted molar refractivity (Wildman–Crippen MR) is 121 cm³/mol. The van der Waals surface area contributed by atoms with Gasteiger partial charge in [-0.2, -0.15) is 5.26 Å². The van der Waals surface area contributed by atoms with E-state index in [-0.39, 0.29) is 5.69 Å². The SMILES string of the molecule is Cc1sc(N(CCC2CC3CCC2C3)c2ccc(C#N)cc2)nc1C(=O)NS(C)(=O)=O. The fourth-order valence-electron chi connectivity index (χ4n) is 5.00. The van der Waals surface area contributed by atoms with Crippen molar-refractivity contribution in [1.82, 2.24) is 9.71 Å². The number of hydrogen-bond acceptors (Lipinski definition) is 7. The van der Waals surface area contributed by atoms with E-state index in [9.17, 15) is 13.2 Å². The van der Waals surface area contributed by atoms with Gasteiger partial charge in [-0.15, -0.1) is 11.3 Å². The average molecular weight is 459 g/mol. The zero-order valence-electron chi connectivity index (χ0n) is 17.7. The highest BCUT2D eigenvalue weighted by Gasteiger charge is 2.39. The molecule has 164 valence electrons. The Morgan fingerprint density at radius 1 is 1.29 bits per heavy atom. The van der Waals surface area contributed by atoms with Crippen LogP contribution < -0.4 is 9.62 Å². The highest BCUT2D eigenvalue weighted by atomic mass is 32.2. The van der Waals surface area contributed by atoms with E-state index in [0.717, 1.165) is 36.7 Å². The molecular formula is C22H26N4O3S2. The normalized spacial score (nSPS) is 22.3. The Morgan fingerprint density at radius 3 is 2.61 bits per heavy atom. The van der Waals surface area contributed by atoms with Gasteiger partial charge in [-0.25, -0.2) is 18.1 Å². The zero-order valence-corrected chi connectivity index (χ0v) is 19.3. The number of rotatable bonds is 7. The number of aryl methyl sites for hydroxylation is 1. The van der Waals surface area contributed by atoms with Crippen molar-refractivity contribution in [3.05, 3.63) is 40.4 Å². The standard InChI is InChI=1S/C22H26N4O3S2/c1-14-20(21(27)25-31(2,28)29)24-22(30-14)26(19-7-4-15(13-23)5-8-19)10-9-18-12-16-3-6-17(18)11-16/h4-5,7-8,16-18H,3,6,9-12H2,1-2H3,(H,25,27). The molecule has 1 heterocycles. The topological polar surface area (TPSA) is 103 Å². The van der Waals surface area contributed by atoms with Gasteiger partial charge in [-0.3, -0.25) is 4.79 Å². The molecule has 2 aliphatic carbocycles. The van der Waals surface area contributed by atoms with Crippen LogP contribution in [0.1, 0.15) is 53.0 Å². The van der Waals surface area contributed by atoms with E-state index in [4.69, 9.17) is 5.26 Å². The van der Waals surface area contributed by atoms with Gasteiger partial charge < -0.3 is 4.90 Å². The molecule has 31 heavy (non-hydrogen) atoms. The summed E-state index contributed by atoms with van der Waals surface area (Å²) in [5.74, 6) is 1.71. The van der Waals surface area contributed by atoms with E-state index >= 15 is 0 Å². The molecule has 2 aliphatic rings. The first-order valence-electron chi connectivity index (χ1n) is 10.5. The van der Waals surface area contributed by atoms with Crippen LogP contribution >= 0.6 is 11.3 Å². The van der Waals surface area contributed by atoms with Gasteiger partial charge in [0, 0.05) is 17.1 Å². The highest BCUT2D eigenvalue weighted by molar-refractivity contribution is 7.89. The van der Waals surface area contributed by atoms with Crippen molar-refractivity contribution in [1.29, 1.82) is 5.26 Å². The summed E-state index contributed by atoms with van der Waals surface area (Å²) in [6.45, 7) is 2.53. The quantitative estimate of drug-likeness (QED) is 0.673. The summed E-state index contributed by atoms with van der Waals surface area (Å²) in [6.07, 6.45) is 7.35. The highest BCUT2D eigenvalue weighted by Crippen LogP contribution is 2.49. The first-order valence-corrected chi connectivity index (χ1v) is 13.2. The first-order chi connectivity index (χ1) is 14.7. The lowest BCUT2D eigenvalue weighted by atomic mass is 9.86. The molecule has 0 radical (unpaired) electrons. The van der Waals surface area contributed by atoms with Gasteiger partial charge in [-0.05, 0) is 74.6 Å². The molecule has 7 nitrogen and oxygen atoms in total. The van der Waals surface area contributed by atoms with Crippen LogP contribution in [0.2, 0.25) is 0 Å². The Hall–Kier alpha value is -2.44. The summed E-state index contributed by atoms with van der Waals surface area (Å²) >= 11 is 1.37. The Balaban J connectivity index is 1.59. The molecule has 1 amide bonds. The lowest BCUT2D eigenvalue weighted by Crippen LogP contribution is -2.30. The molecule has 2 aromatic rings. The third-order valence-corrected chi connectivity index (χ3v) is 7.98. The van der Waals surface area contributed by atoms with Crippen LogP contribution in [0.25, 0.3) is 0 Å². The monoisotopic (exact) mass is 458 g/mol. The molecule has 2 fully saturated rings. The van der Waals surface area contributed by atoms with E-state index in [1.54, 1.807) is 19.1 Å². The third-order valence-electron chi connectivity index (χ3n) is 6.43. The smallest absolute Gasteiger partial charge is 0.284 e. The molecule has 3 unspecified atom stereocenters. The van der Waals surface area contributed by atoms with Crippen LogP contribution in [0.3, 0.4) is 0 Å². The fraction of sp³-hybridized carbons (Fsp3) is 0.500. The maximum absolute atomic E-state index is 12.4. The number of carbonyl (C=O) groups is 1. The van der Waals surface area contributed by atoms with E-state index in [1.165, 1.54) is 37.0 Å². The Bertz CT molecular complexity index is 1120. The molecule has 0 saturated heterocycles. The van der Waals surface area contributed by atoms with Gasteiger partial charge in [0.2, 0.25) is 10.0 Å². The number of nitrogens with zero attached hydrogens (tertiary/aromatic N) is 3. The minimum Gasteiger partial charge on any atom is -0.318 e. The van der Waals surface area contributed by atoms with Crippen LogP contribution in [0.15, 0.2) is 24.3 Å². The lowest BCUT2D eigenvalue weighted by Gasteiger charge is -2.27. The number of amides is 1. The van der Waals surface area contributed by atoms with Gasteiger partial charge in [0.25, 0.3) is 5.91 Å². The second-order valence-corrected chi connectivity index (χ2v) is 11.6. The summed E-state index contributed by atoms with van der Waals surface area (Å²) in [6, 6.07) is 9.48. The molecule has 1 N–H and O–H groups in total. The van der Waals surface area contributed by atoms with Crippen molar-refractivity contribution in [2.45, 2.75) is 39.0 Å². The van der Waals surface area contributed by atoms with Gasteiger partial charge in [0.1, 0.15) is 5.69 Å². The van der Waals surface area contributed by atoms with Crippen molar-refractivity contribution in [3.63, 3.8) is 0 Å². The predicted octanol–water partition coefficient (Wildman–Crippen LogP) is 3.98. The Kier molecular flexibility index (Phi) is 6.04. The number of aromatic nitrogens is 1. The largest absolute Gasteiger partial charge is 0.318 e. The number of carbonyl (C=O) groups excluding carboxylic acids is 1. The minimum atomic E-state index is -3.66. The number of nitriles is 1. The van der Waals surface area contributed by atoms with E-state index in [0.29, 0.717) is 21.5 Å². The van der Waals surface area contributed by atoms with Gasteiger partial charge >= 0.3 is 0 Å². The van der Waals surface area contributed by atoms with Crippen LogP contribution in [0.4, 0.5) is 10.8 Å². The molecule has 1 aromatic heterocycles.